The van der Waals surface area contributed by atoms with Gasteiger partial charge in [-0.05, 0) is 61.4 Å². The smallest absolute Gasteiger partial charge is 0.253 e. The topological polar surface area (TPSA) is 43.8 Å². The van der Waals surface area contributed by atoms with Gasteiger partial charge in [0.1, 0.15) is 5.75 Å². The van der Waals surface area contributed by atoms with E-state index in [1.54, 1.807) is 24.3 Å². The Morgan fingerprint density at radius 2 is 1.57 bits per heavy atom. The molecule has 0 aliphatic carbocycles. The highest BCUT2D eigenvalue weighted by atomic mass is 16.3. The molecule has 120 valence electrons. The lowest BCUT2D eigenvalue weighted by molar-refractivity contribution is 0.0747. The van der Waals surface area contributed by atoms with E-state index < -0.39 is 0 Å². The summed E-state index contributed by atoms with van der Waals surface area (Å²) in [6.45, 7) is 7.36. The predicted octanol–water partition coefficient (Wildman–Crippen LogP) is 2.97. The summed E-state index contributed by atoms with van der Waals surface area (Å²) in [6, 6.07) is 13.0. The summed E-state index contributed by atoms with van der Waals surface area (Å²) in [4.78, 5) is 16.7. The van der Waals surface area contributed by atoms with Crippen LogP contribution in [0.25, 0.3) is 0 Å². The van der Waals surface area contributed by atoms with Gasteiger partial charge >= 0.3 is 0 Å². The second kappa shape index (κ2) is 6.32. The highest BCUT2D eigenvalue weighted by molar-refractivity contribution is 5.94. The number of benzene rings is 2. The average Bonchev–Trinajstić information content (AvgIpc) is 2.57. The number of anilines is 1. The maximum atomic E-state index is 12.5. The van der Waals surface area contributed by atoms with Crippen molar-refractivity contribution >= 4 is 11.6 Å². The van der Waals surface area contributed by atoms with Gasteiger partial charge in [0.15, 0.2) is 0 Å². The molecule has 3 rings (SSSR count). The van der Waals surface area contributed by atoms with Crippen molar-refractivity contribution in [3.63, 3.8) is 0 Å². The molecule has 23 heavy (non-hydrogen) atoms. The number of amides is 1. The lowest BCUT2D eigenvalue weighted by atomic mass is 10.1. The largest absolute Gasteiger partial charge is 0.508 e. The third-order valence-corrected chi connectivity index (χ3v) is 4.54. The van der Waals surface area contributed by atoms with E-state index in [0.717, 1.165) is 13.1 Å². The summed E-state index contributed by atoms with van der Waals surface area (Å²) < 4.78 is 0. The molecule has 1 saturated heterocycles. The molecule has 0 unspecified atom stereocenters. The Hall–Kier alpha value is -2.49. The second-order valence-electron chi connectivity index (χ2n) is 6.09. The van der Waals surface area contributed by atoms with E-state index in [1.165, 1.54) is 16.8 Å². The molecule has 1 fully saturated rings. The molecule has 1 N–H and O–H groups in total. The Morgan fingerprint density at radius 3 is 2.17 bits per heavy atom. The van der Waals surface area contributed by atoms with Crippen molar-refractivity contribution in [1.82, 2.24) is 4.90 Å². The zero-order chi connectivity index (χ0) is 16.4. The van der Waals surface area contributed by atoms with Gasteiger partial charge in [0, 0.05) is 37.4 Å². The molecule has 1 aliphatic heterocycles. The molecule has 2 aromatic carbocycles. The molecular formula is C19H22N2O2. The lowest BCUT2D eigenvalue weighted by Gasteiger charge is -2.36. The first kappa shape index (κ1) is 15.4. The van der Waals surface area contributed by atoms with Crippen LogP contribution in [-0.2, 0) is 0 Å². The Labute approximate surface area is 137 Å². The van der Waals surface area contributed by atoms with Crippen LogP contribution in [0.2, 0.25) is 0 Å². The van der Waals surface area contributed by atoms with E-state index >= 15 is 0 Å². The number of aromatic hydroxyl groups is 1. The van der Waals surface area contributed by atoms with E-state index in [-0.39, 0.29) is 11.7 Å². The molecule has 1 heterocycles. The maximum absolute atomic E-state index is 12.5. The quantitative estimate of drug-likeness (QED) is 0.927. The van der Waals surface area contributed by atoms with E-state index in [1.807, 2.05) is 4.90 Å². The predicted molar refractivity (Wildman–Crippen MR) is 92.1 cm³/mol. The third kappa shape index (κ3) is 3.31. The molecule has 0 radical (unpaired) electrons. The maximum Gasteiger partial charge on any atom is 0.253 e. The molecule has 0 bridgehead atoms. The lowest BCUT2D eigenvalue weighted by Crippen LogP contribution is -2.48. The summed E-state index contributed by atoms with van der Waals surface area (Å²) in [5, 5.41) is 9.32. The van der Waals surface area contributed by atoms with Gasteiger partial charge in [-0.25, -0.2) is 0 Å². The van der Waals surface area contributed by atoms with Crippen LogP contribution in [0, 0.1) is 13.8 Å². The standard InChI is InChI=1S/C19H22N2O2/c1-14-3-6-17(13-15(14)2)20-9-11-21(12-10-20)19(23)16-4-7-18(22)8-5-16/h3-8,13,22H,9-12H2,1-2H3. The SMILES string of the molecule is Cc1ccc(N2CCN(C(=O)c3ccc(O)cc3)CC2)cc1C. The van der Waals surface area contributed by atoms with E-state index in [2.05, 4.69) is 36.9 Å². The molecule has 1 amide bonds. The number of phenols is 1. The van der Waals surface area contributed by atoms with Gasteiger partial charge in [-0.2, -0.15) is 0 Å². The number of rotatable bonds is 2. The number of piperazine rings is 1. The number of hydrogen-bond donors (Lipinski definition) is 1. The number of aryl methyl sites for hydroxylation is 2. The number of carbonyl (C=O) groups excluding carboxylic acids is 1. The summed E-state index contributed by atoms with van der Waals surface area (Å²) in [6.07, 6.45) is 0. The van der Waals surface area contributed by atoms with Crippen molar-refractivity contribution < 1.29 is 9.90 Å². The van der Waals surface area contributed by atoms with E-state index in [9.17, 15) is 9.90 Å². The fourth-order valence-electron chi connectivity index (χ4n) is 2.88. The van der Waals surface area contributed by atoms with Crippen molar-refractivity contribution in [2.45, 2.75) is 13.8 Å². The van der Waals surface area contributed by atoms with Crippen molar-refractivity contribution in [2.24, 2.45) is 0 Å². The van der Waals surface area contributed by atoms with Crippen LogP contribution in [0.4, 0.5) is 5.69 Å². The van der Waals surface area contributed by atoms with Crippen LogP contribution in [0.3, 0.4) is 0 Å². The highest BCUT2D eigenvalue weighted by Crippen LogP contribution is 2.21. The third-order valence-electron chi connectivity index (χ3n) is 4.54. The van der Waals surface area contributed by atoms with Crippen LogP contribution in [-0.4, -0.2) is 42.1 Å². The first-order valence-corrected chi connectivity index (χ1v) is 7.95. The van der Waals surface area contributed by atoms with Crippen LogP contribution in [0.15, 0.2) is 42.5 Å². The van der Waals surface area contributed by atoms with Gasteiger partial charge < -0.3 is 14.9 Å². The summed E-state index contributed by atoms with van der Waals surface area (Å²) in [5.74, 6) is 0.214. The fourth-order valence-corrected chi connectivity index (χ4v) is 2.88. The number of phenolic OH excluding ortho intramolecular Hbond substituents is 1. The van der Waals surface area contributed by atoms with Crippen molar-refractivity contribution in [3.8, 4) is 5.75 Å². The molecule has 2 aromatic rings. The van der Waals surface area contributed by atoms with Crippen LogP contribution in [0.1, 0.15) is 21.5 Å². The minimum Gasteiger partial charge on any atom is -0.508 e. The Morgan fingerprint density at radius 1 is 0.913 bits per heavy atom. The number of carbonyl (C=O) groups is 1. The normalized spacial score (nSPS) is 14.9. The van der Waals surface area contributed by atoms with Crippen molar-refractivity contribution in [1.29, 1.82) is 0 Å². The van der Waals surface area contributed by atoms with Gasteiger partial charge in [-0.1, -0.05) is 6.07 Å². The molecule has 4 heteroatoms. The van der Waals surface area contributed by atoms with Gasteiger partial charge in [0.2, 0.25) is 0 Å². The average molecular weight is 310 g/mol. The van der Waals surface area contributed by atoms with Gasteiger partial charge in [0.05, 0.1) is 0 Å². The molecule has 0 atom stereocenters. The first-order valence-electron chi connectivity index (χ1n) is 7.95. The monoisotopic (exact) mass is 310 g/mol. The summed E-state index contributed by atoms with van der Waals surface area (Å²) >= 11 is 0. The Bertz CT molecular complexity index is 702. The number of nitrogens with zero attached hydrogens (tertiary/aromatic N) is 2. The van der Waals surface area contributed by atoms with Crippen LogP contribution >= 0.6 is 0 Å². The molecule has 1 aliphatic rings. The summed E-state index contributed by atoms with van der Waals surface area (Å²) in [5.41, 5.74) is 4.45. The molecule has 4 nitrogen and oxygen atoms in total. The molecule has 0 aromatic heterocycles. The minimum absolute atomic E-state index is 0.0322. The zero-order valence-corrected chi connectivity index (χ0v) is 13.6. The van der Waals surface area contributed by atoms with Crippen LogP contribution in [0.5, 0.6) is 5.75 Å². The first-order chi connectivity index (χ1) is 11.0. The molecular weight excluding hydrogens is 288 g/mol. The van der Waals surface area contributed by atoms with E-state index in [0.29, 0.717) is 18.7 Å². The zero-order valence-electron chi connectivity index (χ0n) is 13.6. The van der Waals surface area contributed by atoms with Gasteiger partial charge in [-0.3, -0.25) is 4.79 Å². The van der Waals surface area contributed by atoms with Gasteiger partial charge in [-0.15, -0.1) is 0 Å². The van der Waals surface area contributed by atoms with Crippen molar-refractivity contribution in [3.05, 3.63) is 59.2 Å². The number of hydrogen-bond acceptors (Lipinski definition) is 3. The second-order valence-corrected chi connectivity index (χ2v) is 6.09. The van der Waals surface area contributed by atoms with Crippen molar-refractivity contribution in [2.75, 3.05) is 31.1 Å². The van der Waals surface area contributed by atoms with Gasteiger partial charge in [0.25, 0.3) is 5.91 Å². The van der Waals surface area contributed by atoms with E-state index in [4.69, 9.17) is 0 Å². The molecule has 0 saturated carbocycles. The molecule has 0 spiro atoms. The Kier molecular flexibility index (Phi) is 4.24. The minimum atomic E-state index is 0.0322. The van der Waals surface area contributed by atoms with Crippen LogP contribution < -0.4 is 4.90 Å². The fraction of sp³-hybridized carbons (Fsp3) is 0.316. The highest BCUT2D eigenvalue weighted by Gasteiger charge is 2.22. The Balaban J connectivity index is 1.64. The summed E-state index contributed by atoms with van der Waals surface area (Å²) in [7, 11) is 0.